The van der Waals surface area contributed by atoms with Crippen molar-refractivity contribution in [1.29, 1.82) is 0 Å². The molecule has 0 spiro atoms. The average molecular weight is 1900 g/mol. The highest BCUT2D eigenvalue weighted by molar-refractivity contribution is 8.00. The van der Waals surface area contributed by atoms with Crippen LogP contribution in [0.4, 0.5) is 13.2 Å². The highest BCUT2D eigenvalue weighted by Crippen LogP contribution is 2.29. The largest absolute Gasteiger partial charge is 0.508 e. The Bertz CT molecular complexity index is 5270. The van der Waals surface area contributed by atoms with Crippen molar-refractivity contribution >= 4 is 123 Å². The van der Waals surface area contributed by atoms with Gasteiger partial charge in [-0.1, -0.05) is 138 Å². The molecular weight excluding hydrogens is 1780 g/mol. The van der Waals surface area contributed by atoms with Gasteiger partial charge in [0.25, 0.3) is 0 Å². The van der Waals surface area contributed by atoms with E-state index in [9.17, 15) is 63.5 Å². The molecule has 3 saturated heterocycles. The Morgan fingerprint density at radius 2 is 1.01 bits per heavy atom. The minimum atomic E-state index is -2.08. The number of hydrogen-bond acceptors (Lipinski definition) is 21. The molecule has 15 atom stereocenters. The fraction of sp³-hybridized carbons (Fsp3) is 0.473. The predicted molar refractivity (Wildman–Crippen MR) is 484 cm³/mol. The van der Waals surface area contributed by atoms with Gasteiger partial charge in [-0.25, -0.2) is 13.2 Å². The van der Waals surface area contributed by atoms with Crippen LogP contribution in [0.25, 0.3) is 10.9 Å². The third-order valence-corrected chi connectivity index (χ3v) is 24.7. The zero-order valence-corrected chi connectivity index (χ0v) is 76.7. The van der Waals surface area contributed by atoms with Crippen molar-refractivity contribution in [3.8, 4) is 5.75 Å². The third-order valence-electron chi connectivity index (χ3n) is 23.7. The Kier molecular flexibility index (Phi) is 38.1. The standard InChI is InChI=1S/C93H117F3N16O22S/c1-9-10-25-70-92(133)112-46-58(115)41-73(112)88(129)105-67(42-78(120)121)85(126)107-80(50(4)5)93(134)109(7)71(37-51-19-13-11-14-20-51)86(127)101-63(30-31-77(118)119)90(131)111-45-57(114)40-72(111)87(128)104-66(39-55-43-98-62-24-18-17-23-59(55)62)84(125)103-65(35-53-26-28-56(113)29-27-53)83(124)102-64(32-49(2)3)82(123)106-69(81(122)99-44-75(97)116)47-135-48-76(117)100-68(36-54-33-60(94)79(96)61(95)34-54)89(130)110(8)74(91(132)108(70)6)38-52-21-15-12-16-22-52/h11-24,26-29,33-34,43,49-50,57-58,63-74,80,98,113-115H,9-10,25,30-32,35-42,44-48H2,1-8H3,(H2,97,116)(H,99,122)(H,100,117)(H,101,127)(H,102,124)(H,103,125)(H,104,128)(H,105,129)(H,106,123)(H,107,126)(H,118,119)(H,120,121)/t57-,58+,63-,64-,65-,66-,67-,68-,69-,70-,71-,72+,73+,74-,80-/m0/s1. The van der Waals surface area contributed by atoms with E-state index in [1.807, 2.05) is 0 Å². The van der Waals surface area contributed by atoms with E-state index in [0.29, 0.717) is 63.5 Å². The first kappa shape index (κ1) is 105. The summed E-state index contributed by atoms with van der Waals surface area (Å²) in [6.07, 6.45) is -7.15. The summed E-state index contributed by atoms with van der Waals surface area (Å²) in [5, 5.41) is 77.3. The van der Waals surface area contributed by atoms with Crippen LogP contribution >= 0.6 is 11.8 Å². The number of fused-ring (bicyclic) bond motifs is 3. The summed E-state index contributed by atoms with van der Waals surface area (Å²) < 4.78 is 45.1. The first-order chi connectivity index (χ1) is 64.0. The van der Waals surface area contributed by atoms with Crippen LogP contribution in [0.5, 0.6) is 5.75 Å². The van der Waals surface area contributed by atoms with Crippen molar-refractivity contribution in [2.24, 2.45) is 17.6 Å². The maximum atomic E-state index is 15.7. The molecule has 728 valence electrons. The summed E-state index contributed by atoms with van der Waals surface area (Å²) in [4.78, 5) is 258. The lowest BCUT2D eigenvalue weighted by Crippen LogP contribution is -2.62. The van der Waals surface area contributed by atoms with E-state index in [-0.39, 0.29) is 44.3 Å². The molecule has 0 radical (unpaired) electrons. The van der Waals surface area contributed by atoms with Crippen LogP contribution in [-0.2, 0) is 114 Å². The molecule has 135 heavy (non-hydrogen) atoms. The molecule has 6 aromatic rings. The molecule has 3 aliphatic rings. The molecule has 4 heterocycles. The number of carbonyl (C=O) groups excluding carboxylic acids is 15. The number of nitrogens with zero attached hydrogens (tertiary/aromatic N) is 5. The van der Waals surface area contributed by atoms with Crippen molar-refractivity contribution in [2.45, 2.75) is 215 Å². The lowest BCUT2D eigenvalue weighted by molar-refractivity contribution is -0.152. The number of unbranched alkanes of at least 4 members (excludes halogenated alkanes) is 1. The number of hydrogen-bond donors (Lipinski definition) is 16. The SMILES string of the molecule is CCCC[C@H]1C(=O)N2C[C@H](O)C[C@@H]2C(=O)N[C@@H](CC(=O)O)C(=O)N[C@@H](C(C)C)C(=O)N(C)[C@@H](Cc2ccccc2)C(=O)N[C@@H](CCC(=O)O)C(=O)N2C[C@@H](O)C[C@@H]2C(=O)N[C@@H](Cc2c[nH]c3ccccc23)C(=O)N[C@@H](Cc2ccc(O)cc2)C(=O)N[C@@H](CC(C)C)C(=O)N[C@H](C(=O)NCC(N)=O)CSCC(=O)N[C@@H](Cc2cc(F)c(F)c(F)c2)C(=O)N(C)[C@@H](Cc2ccccc2)C(=O)N1C. The minimum absolute atomic E-state index is 0.150. The molecule has 17 N–H and O–H groups in total. The minimum Gasteiger partial charge on any atom is -0.508 e. The Morgan fingerprint density at radius 3 is 1.59 bits per heavy atom. The van der Waals surface area contributed by atoms with Crippen LogP contribution in [0.3, 0.4) is 0 Å². The fourth-order valence-corrected chi connectivity index (χ4v) is 17.3. The van der Waals surface area contributed by atoms with E-state index >= 15 is 56.7 Å². The zero-order chi connectivity index (χ0) is 98.9. The number of rotatable bonds is 24. The maximum Gasteiger partial charge on any atom is 0.305 e. The van der Waals surface area contributed by atoms with Crippen LogP contribution < -0.4 is 53.6 Å². The smallest absolute Gasteiger partial charge is 0.305 e. The monoisotopic (exact) mass is 1900 g/mol. The number of aromatic nitrogens is 1. The fourth-order valence-electron chi connectivity index (χ4n) is 16.5. The molecular formula is C93H117F3N16O22S. The molecule has 38 nitrogen and oxygen atoms in total. The van der Waals surface area contributed by atoms with E-state index in [4.69, 9.17) is 5.73 Å². The summed E-state index contributed by atoms with van der Waals surface area (Å²) in [6, 6.07) is 6.77. The van der Waals surface area contributed by atoms with Crippen molar-refractivity contribution in [3.05, 3.63) is 173 Å². The van der Waals surface area contributed by atoms with Crippen LogP contribution in [-0.4, -0.2) is 299 Å². The first-order valence-electron chi connectivity index (χ1n) is 44.3. The molecule has 0 aliphatic carbocycles. The number of aliphatic carboxylic acids is 2. The summed E-state index contributed by atoms with van der Waals surface area (Å²) in [6.45, 7) is 6.06. The van der Waals surface area contributed by atoms with E-state index in [0.717, 1.165) is 31.5 Å². The summed E-state index contributed by atoms with van der Waals surface area (Å²) in [7, 11) is 3.54. The number of phenols is 1. The quantitative estimate of drug-likeness (QED) is 0.0370. The number of thioether (sulfide) groups is 1. The van der Waals surface area contributed by atoms with Crippen molar-refractivity contribution in [1.82, 2.24) is 77.3 Å². The Balaban J connectivity index is 1.15. The van der Waals surface area contributed by atoms with Crippen LogP contribution in [0.1, 0.15) is 120 Å². The number of likely N-dealkylation sites (N-methyl/N-ethyl adjacent to an activating group) is 3. The Morgan fingerprint density at radius 1 is 0.511 bits per heavy atom. The normalized spacial score (nSPS) is 24.5. The number of nitrogens with two attached hydrogens (primary N) is 1. The number of benzene rings is 5. The molecule has 0 unspecified atom stereocenters. The number of primary amides is 1. The molecule has 1 aromatic heterocycles. The van der Waals surface area contributed by atoms with Crippen molar-refractivity contribution < 1.29 is 120 Å². The number of carboxylic acids is 2. The number of aromatic amines is 1. The first-order valence-corrected chi connectivity index (χ1v) is 45.5. The van der Waals surface area contributed by atoms with Gasteiger partial charge in [-0.2, -0.15) is 0 Å². The van der Waals surface area contributed by atoms with Gasteiger partial charge >= 0.3 is 11.9 Å². The second kappa shape index (κ2) is 48.9. The van der Waals surface area contributed by atoms with E-state index in [2.05, 4.69) is 52.8 Å². The second-order valence-electron chi connectivity index (χ2n) is 34.8. The molecule has 0 saturated carbocycles. The molecule has 3 fully saturated rings. The predicted octanol–water partition coefficient (Wildman–Crippen LogP) is 0.667. The maximum absolute atomic E-state index is 15.7. The van der Waals surface area contributed by atoms with Gasteiger partial charge in [0.15, 0.2) is 17.5 Å². The highest BCUT2D eigenvalue weighted by Gasteiger charge is 2.48. The van der Waals surface area contributed by atoms with Gasteiger partial charge < -0.3 is 109 Å². The lowest BCUT2D eigenvalue weighted by atomic mass is 9.98. The van der Waals surface area contributed by atoms with Gasteiger partial charge in [-0.3, -0.25) is 81.5 Å². The number of halogens is 3. The number of carbonyl (C=O) groups is 17. The topological polar surface area (TPSA) is 558 Å². The number of H-pyrrole nitrogens is 1. The van der Waals surface area contributed by atoms with Gasteiger partial charge in [0, 0.05) is 108 Å². The number of nitrogens with one attached hydrogen (secondary N) is 10. The molecule has 15 amide bonds. The number of carboxylic acid groups (broad SMARTS) is 2. The number of aliphatic hydroxyl groups excluding tert-OH is 2. The summed E-state index contributed by atoms with van der Waals surface area (Å²) >= 11 is 0.640. The van der Waals surface area contributed by atoms with E-state index in [1.54, 1.807) is 112 Å². The van der Waals surface area contributed by atoms with Gasteiger partial charge in [-0.15, -0.1) is 11.8 Å². The number of amides is 15. The Labute approximate surface area is 780 Å². The van der Waals surface area contributed by atoms with E-state index in [1.165, 1.54) is 52.2 Å². The Hall–Kier alpha value is -13.5. The van der Waals surface area contributed by atoms with Gasteiger partial charge in [0.05, 0.1) is 30.9 Å². The number of para-hydroxylation sites is 1. The highest BCUT2D eigenvalue weighted by atomic mass is 32.2. The zero-order valence-electron chi connectivity index (χ0n) is 75.9. The van der Waals surface area contributed by atoms with Crippen LogP contribution in [0, 0.1) is 29.3 Å². The van der Waals surface area contributed by atoms with Crippen LogP contribution in [0.2, 0.25) is 0 Å². The average Bonchev–Trinajstić information content (AvgIpc) is 1.68. The molecule has 0 bridgehead atoms. The second-order valence-corrected chi connectivity index (χ2v) is 35.8. The van der Waals surface area contributed by atoms with Gasteiger partial charge in [0.1, 0.15) is 84.3 Å². The number of aliphatic hydroxyl groups is 2. The third kappa shape index (κ3) is 29.2. The molecule has 3 aliphatic heterocycles. The summed E-state index contributed by atoms with van der Waals surface area (Å²) in [5.74, 6) is -27.5. The number of aromatic hydroxyl groups is 1. The molecule has 5 aromatic carbocycles. The van der Waals surface area contributed by atoms with Crippen LogP contribution in [0.15, 0.2) is 128 Å². The van der Waals surface area contributed by atoms with E-state index < -0.39 is 302 Å². The molecule has 42 heteroatoms. The van der Waals surface area contributed by atoms with Gasteiger partial charge in [0.2, 0.25) is 88.6 Å². The summed E-state index contributed by atoms with van der Waals surface area (Å²) in [5.41, 5.74) is 7.16. The van der Waals surface area contributed by atoms with Crippen molar-refractivity contribution in [3.63, 3.8) is 0 Å². The van der Waals surface area contributed by atoms with Gasteiger partial charge in [-0.05, 0) is 89.2 Å². The number of phenolic OH excluding ortho intramolecular Hbond substituents is 1. The lowest BCUT2D eigenvalue weighted by Gasteiger charge is -2.38. The van der Waals surface area contributed by atoms with Crippen molar-refractivity contribution in [2.75, 3.05) is 52.3 Å². The molecule has 9 rings (SSSR count).